The Labute approximate surface area is 109 Å². The largest absolute Gasteiger partial charge is 0.481 e. The molecule has 0 aliphatic heterocycles. The number of nitrogens with zero attached hydrogens (tertiary/aromatic N) is 2. The number of amides is 1. The minimum atomic E-state index is -0.531. The third kappa shape index (κ3) is 3.27. The zero-order valence-electron chi connectivity index (χ0n) is 9.87. The molecule has 0 fully saturated rings. The molecular weight excluding hydrogens is 250 g/mol. The average molecular weight is 263 g/mol. The second-order valence-corrected chi connectivity index (χ2v) is 4.39. The number of nitrogens with one attached hydrogen (secondary N) is 1. The lowest BCUT2D eigenvalue weighted by Crippen LogP contribution is -2.32. The van der Waals surface area contributed by atoms with Crippen LogP contribution >= 0.6 is 11.3 Å². The molecule has 6 heteroatoms. The van der Waals surface area contributed by atoms with Crippen LogP contribution in [0.15, 0.2) is 35.8 Å². The van der Waals surface area contributed by atoms with Gasteiger partial charge in [0.25, 0.3) is 5.91 Å². The van der Waals surface area contributed by atoms with Crippen LogP contribution in [0.1, 0.15) is 13.3 Å². The highest BCUT2D eigenvalue weighted by atomic mass is 32.1. The first kappa shape index (κ1) is 12.5. The second kappa shape index (κ2) is 6.11. The van der Waals surface area contributed by atoms with Crippen molar-refractivity contribution >= 4 is 22.4 Å². The first-order valence-electron chi connectivity index (χ1n) is 5.58. The van der Waals surface area contributed by atoms with Crippen LogP contribution in [0.4, 0.5) is 5.13 Å². The van der Waals surface area contributed by atoms with Crippen LogP contribution in [-0.2, 0) is 4.79 Å². The highest BCUT2D eigenvalue weighted by molar-refractivity contribution is 7.13. The van der Waals surface area contributed by atoms with Crippen LogP contribution in [0.25, 0.3) is 0 Å². The van der Waals surface area contributed by atoms with Crippen LogP contribution in [-0.4, -0.2) is 22.2 Å². The number of carbonyl (C=O) groups excluding carboxylic acids is 1. The maximum Gasteiger partial charge on any atom is 0.267 e. The Morgan fingerprint density at radius 2 is 2.22 bits per heavy atom. The molecule has 0 aliphatic carbocycles. The zero-order valence-corrected chi connectivity index (χ0v) is 10.7. The Kier molecular flexibility index (Phi) is 4.25. The summed E-state index contributed by atoms with van der Waals surface area (Å²) in [6.07, 6.45) is 0.0517. The lowest BCUT2D eigenvalue weighted by Gasteiger charge is -2.16. The standard InChI is InChI=1S/C12H13N3O2S/c1-2-10(17-9-6-4-3-5-7-9)11(16)14-12-15-13-8-18-12/h3-8,10H,2H2,1H3,(H,14,15,16). The van der Waals surface area contributed by atoms with E-state index in [9.17, 15) is 4.79 Å². The number of hydrogen-bond donors (Lipinski definition) is 1. The fourth-order valence-electron chi connectivity index (χ4n) is 1.40. The second-order valence-electron chi connectivity index (χ2n) is 3.56. The molecule has 1 N–H and O–H groups in total. The Morgan fingerprint density at radius 1 is 1.44 bits per heavy atom. The topological polar surface area (TPSA) is 64.1 Å². The van der Waals surface area contributed by atoms with Gasteiger partial charge in [-0.2, -0.15) is 0 Å². The van der Waals surface area contributed by atoms with Gasteiger partial charge in [0.15, 0.2) is 6.10 Å². The van der Waals surface area contributed by atoms with E-state index in [1.165, 1.54) is 11.3 Å². The molecule has 1 aromatic carbocycles. The summed E-state index contributed by atoms with van der Waals surface area (Å²) in [6, 6.07) is 9.27. The van der Waals surface area contributed by atoms with Crippen molar-refractivity contribution in [3.63, 3.8) is 0 Å². The third-order valence-electron chi connectivity index (χ3n) is 2.27. The number of hydrogen-bond acceptors (Lipinski definition) is 5. The Hall–Kier alpha value is -1.95. The van der Waals surface area contributed by atoms with Gasteiger partial charge in [-0.05, 0) is 18.6 Å². The van der Waals surface area contributed by atoms with E-state index in [1.807, 2.05) is 37.3 Å². The Balaban J connectivity index is 1.98. The molecular formula is C12H13N3O2S. The molecule has 0 radical (unpaired) electrons. The SMILES string of the molecule is CCC(Oc1ccccc1)C(=O)Nc1nncs1. The van der Waals surface area contributed by atoms with E-state index in [4.69, 9.17) is 4.74 Å². The van der Waals surface area contributed by atoms with Gasteiger partial charge in [0.1, 0.15) is 11.3 Å². The molecule has 18 heavy (non-hydrogen) atoms. The third-order valence-corrected chi connectivity index (χ3v) is 2.88. The fraction of sp³-hybridized carbons (Fsp3) is 0.250. The van der Waals surface area contributed by atoms with E-state index < -0.39 is 6.10 Å². The summed E-state index contributed by atoms with van der Waals surface area (Å²) in [5, 5.41) is 10.6. The highest BCUT2D eigenvalue weighted by Crippen LogP contribution is 2.15. The van der Waals surface area contributed by atoms with Crippen molar-refractivity contribution in [2.24, 2.45) is 0 Å². The van der Waals surface area contributed by atoms with Crippen molar-refractivity contribution in [2.75, 3.05) is 5.32 Å². The van der Waals surface area contributed by atoms with Crippen molar-refractivity contribution < 1.29 is 9.53 Å². The normalized spacial score (nSPS) is 11.8. The number of carbonyl (C=O) groups is 1. The molecule has 0 saturated heterocycles. The van der Waals surface area contributed by atoms with Gasteiger partial charge >= 0.3 is 0 Å². The fourth-order valence-corrected chi connectivity index (χ4v) is 1.85. The molecule has 1 amide bonds. The average Bonchev–Trinajstić information content (AvgIpc) is 2.90. The van der Waals surface area contributed by atoms with Gasteiger partial charge in [0.2, 0.25) is 5.13 Å². The van der Waals surface area contributed by atoms with E-state index >= 15 is 0 Å². The van der Waals surface area contributed by atoms with Crippen LogP contribution in [0.3, 0.4) is 0 Å². The van der Waals surface area contributed by atoms with Gasteiger partial charge in [-0.25, -0.2) is 0 Å². The van der Waals surface area contributed by atoms with Gasteiger partial charge < -0.3 is 4.74 Å². The molecule has 1 atom stereocenters. The summed E-state index contributed by atoms with van der Waals surface area (Å²) >= 11 is 1.28. The number of anilines is 1. The lowest BCUT2D eigenvalue weighted by molar-refractivity contribution is -0.122. The highest BCUT2D eigenvalue weighted by Gasteiger charge is 2.19. The van der Waals surface area contributed by atoms with Gasteiger partial charge in [-0.3, -0.25) is 10.1 Å². The van der Waals surface area contributed by atoms with Crippen molar-refractivity contribution in [1.82, 2.24) is 10.2 Å². The quantitative estimate of drug-likeness (QED) is 0.899. The van der Waals surface area contributed by atoms with Gasteiger partial charge in [0.05, 0.1) is 0 Å². The first-order valence-corrected chi connectivity index (χ1v) is 6.46. The molecule has 1 aromatic heterocycles. The predicted molar refractivity (Wildman–Crippen MR) is 69.7 cm³/mol. The maximum absolute atomic E-state index is 11.9. The maximum atomic E-state index is 11.9. The molecule has 0 bridgehead atoms. The van der Waals surface area contributed by atoms with E-state index in [0.29, 0.717) is 17.3 Å². The molecule has 2 aromatic rings. The zero-order chi connectivity index (χ0) is 12.8. The molecule has 5 nitrogen and oxygen atoms in total. The summed E-state index contributed by atoms with van der Waals surface area (Å²) < 4.78 is 5.62. The van der Waals surface area contributed by atoms with E-state index in [-0.39, 0.29) is 5.91 Å². The van der Waals surface area contributed by atoms with Crippen molar-refractivity contribution in [3.8, 4) is 5.75 Å². The molecule has 0 aliphatic rings. The number of ether oxygens (including phenoxy) is 1. The predicted octanol–water partition coefficient (Wildman–Crippen LogP) is 2.33. The van der Waals surface area contributed by atoms with Gasteiger partial charge in [-0.1, -0.05) is 36.5 Å². The van der Waals surface area contributed by atoms with Crippen molar-refractivity contribution in [1.29, 1.82) is 0 Å². The molecule has 1 heterocycles. The molecule has 1 unspecified atom stereocenters. The first-order chi connectivity index (χ1) is 8.79. The summed E-state index contributed by atoms with van der Waals surface area (Å²) in [5.41, 5.74) is 1.56. The number of benzene rings is 1. The summed E-state index contributed by atoms with van der Waals surface area (Å²) in [6.45, 7) is 1.90. The van der Waals surface area contributed by atoms with Gasteiger partial charge in [-0.15, -0.1) is 10.2 Å². The molecule has 2 rings (SSSR count). The van der Waals surface area contributed by atoms with E-state index in [2.05, 4.69) is 15.5 Å². The molecule has 0 spiro atoms. The Morgan fingerprint density at radius 3 is 2.83 bits per heavy atom. The minimum absolute atomic E-state index is 0.210. The Bertz CT molecular complexity index is 487. The number of para-hydroxylation sites is 1. The van der Waals surface area contributed by atoms with Crippen molar-refractivity contribution in [3.05, 3.63) is 35.8 Å². The lowest BCUT2D eigenvalue weighted by atomic mass is 10.2. The number of aromatic nitrogens is 2. The summed E-state index contributed by atoms with van der Waals surface area (Å²) in [7, 11) is 0. The van der Waals surface area contributed by atoms with E-state index in [0.717, 1.165) is 0 Å². The van der Waals surface area contributed by atoms with E-state index in [1.54, 1.807) is 5.51 Å². The van der Waals surface area contributed by atoms with Crippen molar-refractivity contribution in [2.45, 2.75) is 19.4 Å². The minimum Gasteiger partial charge on any atom is -0.481 e. The molecule has 0 saturated carbocycles. The summed E-state index contributed by atoms with van der Waals surface area (Å²) in [4.78, 5) is 11.9. The summed E-state index contributed by atoms with van der Waals surface area (Å²) in [5.74, 6) is 0.467. The van der Waals surface area contributed by atoms with Crippen LogP contribution < -0.4 is 10.1 Å². The van der Waals surface area contributed by atoms with Crippen LogP contribution in [0.2, 0.25) is 0 Å². The monoisotopic (exact) mass is 263 g/mol. The number of rotatable bonds is 5. The smallest absolute Gasteiger partial charge is 0.267 e. The molecule has 94 valence electrons. The van der Waals surface area contributed by atoms with Crippen LogP contribution in [0.5, 0.6) is 5.75 Å². The van der Waals surface area contributed by atoms with Gasteiger partial charge in [0, 0.05) is 0 Å². The van der Waals surface area contributed by atoms with Crippen LogP contribution in [0, 0.1) is 0 Å².